The summed E-state index contributed by atoms with van der Waals surface area (Å²) >= 11 is 0. The second-order valence-electron chi connectivity index (χ2n) is 8.16. The van der Waals surface area contributed by atoms with Crippen LogP contribution in [0.5, 0.6) is 0 Å². The van der Waals surface area contributed by atoms with E-state index in [1.54, 1.807) is 12.3 Å². The standard InChI is InChI=1S/C27H25NO2/c1-27(2)15-14-22(21-8-6-16-28-18-21)24-17-19(11-13-25(24)27)10-12-20-7-4-5-9-23(20)26(29)30-3/h4-14,16-18H,15H2,1-3H3/b12-10+. The molecule has 0 N–H and O–H groups in total. The number of nitrogens with zero attached hydrogens (tertiary/aromatic N) is 1. The maximum Gasteiger partial charge on any atom is 0.338 e. The fourth-order valence-electron chi connectivity index (χ4n) is 3.98. The third-order valence-corrected chi connectivity index (χ3v) is 5.67. The molecule has 30 heavy (non-hydrogen) atoms. The van der Waals surface area contributed by atoms with Crippen LogP contribution in [-0.2, 0) is 10.2 Å². The van der Waals surface area contributed by atoms with E-state index in [0.717, 1.165) is 23.1 Å². The number of aromatic nitrogens is 1. The lowest BCUT2D eigenvalue weighted by Crippen LogP contribution is -2.21. The predicted molar refractivity (Wildman–Crippen MR) is 122 cm³/mol. The molecule has 0 bridgehead atoms. The first-order valence-corrected chi connectivity index (χ1v) is 10.1. The van der Waals surface area contributed by atoms with Gasteiger partial charge in [-0.05, 0) is 57.9 Å². The minimum Gasteiger partial charge on any atom is -0.465 e. The zero-order valence-corrected chi connectivity index (χ0v) is 17.6. The number of fused-ring (bicyclic) bond motifs is 1. The molecule has 4 rings (SSSR count). The Morgan fingerprint density at radius 2 is 1.90 bits per heavy atom. The van der Waals surface area contributed by atoms with E-state index in [2.05, 4.69) is 49.2 Å². The molecule has 0 radical (unpaired) electrons. The van der Waals surface area contributed by atoms with Gasteiger partial charge in [0.2, 0.25) is 0 Å². The highest BCUT2D eigenvalue weighted by atomic mass is 16.5. The Balaban J connectivity index is 1.75. The third kappa shape index (κ3) is 3.84. The molecule has 1 aliphatic carbocycles. The van der Waals surface area contributed by atoms with E-state index in [9.17, 15) is 4.79 Å². The molecule has 3 nitrogen and oxygen atoms in total. The molecule has 0 saturated carbocycles. The maximum absolute atomic E-state index is 12.0. The molecule has 0 spiro atoms. The van der Waals surface area contributed by atoms with Crippen molar-refractivity contribution in [3.05, 3.63) is 106 Å². The van der Waals surface area contributed by atoms with Gasteiger partial charge in [0.15, 0.2) is 0 Å². The Morgan fingerprint density at radius 1 is 1.07 bits per heavy atom. The number of benzene rings is 2. The first kappa shape index (κ1) is 19.8. The topological polar surface area (TPSA) is 39.2 Å². The Morgan fingerprint density at radius 3 is 2.67 bits per heavy atom. The van der Waals surface area contributed by atoms with Crippen LogP contribution in [-0.4, -0.2) is 18.1 Å². The van der Waals surface area contributed by atoms with E-state index in [1.807, 2.05) is 42.6 Å². The number of methoxy groups -OCH3 is 1. The molecule has 3 aromatic rings. The van der Waals surface area contributed by atoms with Gasteiger partial charge in [-0.3, -0.25) is 4.98 Å². The highest BCUT2D eigenvalue weighted by Gasteiger charge is 2.28. The number of pyridine rings is 1. The van der Waals surface area contributed by atoms with E-state index < -0.39 is 0 Å². The summed E-state index contributed by atoms with van der Waals surface area (Å²) in [4.78, 5) is 16.3. The molecular weight excluding hydrogens is 370 g/mol. The van der Waals surface area contributed by atoms with E-state index >= 15 is 0 Å². The summed E-state index contributed by atoms with van der Waals surface area (Å²) in [5.41, 5.74) is 7.51. The number of carbonyl (C=O) groups is 1. The normalized spacial score (nSPS) is 14.8. The van der Waals surface area contributed by atoms with Crippen LogP contribution in [0, 0.1) is 0 Å². The maximum atomic E-state index is 12.0. The van der Waals surface area contributed by atoms with Gasteiger partial charge in [-0.25, -0.2) is 4.79 Å². The summed E-state index contributed by atoms with van der Waals surface area (Å²) in [7, 11) is 1.40. The first-order valence-electron chi connectivity index (χ1n) is 10.1. The fraction of sp³-hybridized carbons (Fsp3) is 0.185. The molecule has 1 heterocycles. The third-order valence-electron chi connectivity index (χ3n) is 5.67. The monoisotopic (exact) mass is 395 g/mol. The molecule has 0 atom stereocenters. The van der Waals surface area contributed by atoms with Gasteiger partial charge in [-0.1, -0.05) is 68.5 Å². The van der Waals surface area contributed by atoms with Crippen molar-refractivity contribution in [1.82, 2.24) is 4.98 Å². The summed E-state index contributed by atoms with van der Waals surface area (Å²) < 4.78 is 4.90. The van der Waals surface area contributed by atoms with Crippen LogP contribution in [0.15, 0.2) is 73.1 Å². The van der Waals surface area contributed by atoms with Crippen molar-refractivity contribution in [2.75, 3.05) is 7.11 Å². The van der Waals surface area contributed by atoms with E-state index in [1.165, 1.54) is 23.8 Å². The number of rotatable bonds is 4. The second-order valence-corrected chi connectivity index (χ2v) is 8.16. The van der Waals surface area contributed by atoms with Gasteiger partial charge < -0.3 is 4.74 Å². The van der Waals surface area contributed by atoms with E-state index in [4.69, 9.17) is 4.74 Å². The second kappa shape index (κ2) is 8.11. The van der Waals surface area contributed by atoms with Crippen LogP contribution in [0.4, 0.5) is 0 Å². The van der Waals surface area contributed by atoms with Crippen molar-refractivity contribution >= 4 is 23.7 Å². The van der Waals surface area contributed by atoms with Crippen LogP contribution in [0.2, 0.25) is 0 Å². The van der Waals surface area contributed by atoms with Crippen LogP contribution in [0.3, 0.4) is 0 Å². The average molecular weight is 396 g/mol. The summed E-state index contributed by atoms with van der Waals surface area (Å²) in [5.74, 6) is -0.329. The van der Waals surface area contributed by atoms with Crippen molar-refractivity contribution in [3.63, 3.8) is 0 Å². The number of ether oxygens (including phenoxy) is 1. The minimum atomic E-state index is -0.329. The van der Waals surface area contributed by atoms with Crippen LogP contribution in [0.25, 0.3) is 17.7 Å². The number of hydrogen-bond donors (Lipinski definition) is 0. The number of esters is 1. The van der Waals surface area contributed by atoms with Crippen molar-refractivity contribution in [2.24, 2.45) is 0 Å². The molecule has 1 aromatic heterocycles. The molecule has 2 aromatic carbocycles. The highest BCUT2D eigenvalue weighted by Crippen LogP contribution is 2.41. The lowest BCUT2D eigenvalue weighted by Gasteiger charge is -2.32. The average Bonchev–Trinajstić information content (AvgIpc) is 2.78. The smallest absolute Gasteiger partial charge is 0.338 e. The summed E-state index contributed by atoms with van der Waals surface area (Å²) in [6, 6.07) is 18.1. The Hall–Kier alpha value is -3.46. The van der Waals surface area contributed by atoms with Gasteiger partial charge in [0.25, 0.3) is 0 Å². The lowest BCUT2D eigenvalue weighted by molar-refractivity contribution is 0.0600. The van der Waals surface area contributed by atoms with Gasteiger partial charge >= 0.3 is 5.97 Å². The van der Waals surface area contributed by atoms with Gasteiger partial charge in [-0.2, -0.15) is 0 Å². The number of allylic oxidation sites excluding steroid dienone is 1. The summed E-state index contributed by atoms with van der Waals surface area (Å²) in [6.07, 6.45) is 11.0. The molecule has 0 amide bonds. The van der Waals surface area contributed by atoms with Gasteiger partial charge in [0, 0.05) is 18.0 Å². The highest BCUT2D eigenvalue weighted by molar-refractivity contribution is 5.95. The summed E-state index contributed by atoms with van der Waals surface area (Å²) in [6.45, 7) is 4.56. The Labute approximate surface area is 177 Å². The van der Waals surface area contributed by atoms with Crippen molar-refractivity contribution in [1.29, 1.82) is 0 Å². The zero-order chi connectivity index (χ0) is 21.1. The van der Waals surface area contributed by atoms with Crippen molar-refractivity contribution < 1.29 is 9.53 Å². The zero-order valence-electron chi connectivity index (χ0n) is 17.6. The Bertz CT molecular complexity index is 1140. The van der Waals surface area contributed by atoms with Gasteiger partial charge in [-0.15, -0.1) is 0 Å². The van der Waals surface area contributed by atoms with E-state index in [-0.39, 0.29) is 11.4 Å². The predicted octanol–water partition coefficient (Wildman–Crippen LogP) is 6.15. The van der Waals surface area contributed by atoms with Crippen LogP contribution in [0.1, 0.15) is 58.4 Å². The molecule has 0 aliphatic heterocycles. The molecule has 150 valence electrons. The fourth-order valence-corrected chi connectivity index (χ4v) is 3.98. The molecule has 0 fully saturated rings. The molecular formula is C27H25NO2. The number of carbonyl (C=O) groups excluding carboxylic acids is 1. The van der Waals surface area contributed by atoms with Gasteiger partial charge in [0.05, 0.1) is 12.7 Å². The molecule has 0 saturated heterocycles. The summed E-state index contributed by atoms with van der Waals surface area (Å²) in [5, 5.41) is 0. The van der Waals surface area contributed by atoms with Crippen LogP contribution >= 0.6 is 0 Å². The van der Waals surface area contributed by atoms with E-state index in [0.29, 0.717) is 5.56 Å². The quantitative estimate of drug-likeness (QED) is 0.393. The molecule has 1 aliphatic rings. The minimum absolute atomic E-state index is 0.0841. The lowest BCUT2D eigenvalue weighted by atomic mass is 9.72. The van der Waals surface area contributed by atoms with Crippen molar-refractivity contribution in [3.8, 4) is 0 Å². The largest absolute Gasteiger partial charge is 0.465 e. The van der Waals surface area contributed by atoms with Gasteiger partial charge in [0.1, 0.15) is 0 Å². The number of hydrogen-bond acceptors (Lipinski definition) is 3. The first-order chi connectivity index (χ1) is 14.5. The SMILES string of the molecule is COC(=O)c1ccccc1/C=C/c1ccc2c(c1)C(c1cccnc1)=CCC2(C)C. The molecule has 3 heteroatoms. The van der Waals surface area contributed by atoms with Crippen molar-refractivity contribution in [2.45, 2.75) is 25.7 Å². The molecule has 0 unspecified atom stereocenters. The Kier molecular flexibility index (Phi) is 5.37. The van der Waals surface area contributed by atoms with Crippen LogP contribution < -0.4 is 0 Å².